The van der Waals surface area contributed by atoms with Gasteiger partial charge < -0.3 is 4.74 Å². The van der Waals surface area contributed by atoms with Crippen LogP contribution in [0, 0.1) is 6.92 Å². The minimum Gasteiger partial charge on any atom is -0.497 e. The monoisotopic (exact) mass is 256 g/mol. The topological polar surface area (TPSA) is 55.6 Å². The van der Waals surface area contributed by atoms with Gasteiger partial charge in [0, 0.05) is 5.56 Å². The summed E-state index contributed by atoms with van der Waals surface area (Å²) in [6.45, 7) is 1.98. The summed E-state index contributed by atoms with van der Waals surface area (Å²) in [5.74, 6) is 6.29. The third-order valence-corrected chi connectivity index (χ3v) is 2.87. The van der Waals surface area contributed by atoms with Gasteiger partial charge in [0.2, 0.25) is 0 Å². The lowest BCUT2D eigenvalue weighted by molar-refractivity contribution is 0.0987. The second-order valence-electron chi connectivity index (χ2n) is 4.24. The third kappa shape index (κ3) is 2.92. The molecule has 0 atom stereocenters. The second-order valence-corrected chi connectivity index (χ2v) is 4.24. The lowest BCUT2D eigenvalue weighted by Crippen LogP contribution is -2.37. The van der Waals surface area contributed by atoms with E-state index in [2.05, 4.69) is 0 Å². The molecule has 0 fully saturated rings. The van der Waals surface area contributed by atoms with Crippen LogP contribution in [0.1, 0.15) is 15.9 Å². The first kappa shape index (κ1) is 13.1. The molecule has 2 N–H and O–H groups in total. The van der Waals surface area contributed by atoms with E-state index in [1.54, 1.807) is 31.4 Å². The first-order valence-corrected chi connectivity index (χ1v) is 5.91. The smallest absolute Gasteiger partial charge is 0.272 e. The summed E-state index contributed by atoms with van der Waals surface area (Å²) < 4.78 is 5.05. The molecule has 0 saturated heterocycles. The predicted octanol–water partition coefficient (Wildman–Crippen LogP) is 2.52. The van der Waals surface area contributed by atoms with E-state index in [0.717, 1.165) is 10.6 Å². The number of hydrogen-bond acceptors (Lipinski definition) is 3. The summed E-state index contributed by atoms with van der Waals surface area (Å²) in [5, 5.41) is 1.14. The van der Waals surface area contributed by atoms with Gasteiger partial charge in [-0.3, -0.25) is 4.79 Å². The molecule has 0 aliphatic heterocycles. The van der Waals surface area contributed by atoms with E-state index >= 15 is 0 Å². The molecule has 0 unspecified atom stereocenters. The average molecular weight is 256 g/mol. The average Bonchev–Trinajstić information content (AvgIpc) is 2.46. The van der Waals surface area contributed by atoms with Crippen LogP contribution in [-0.4, -0.2) is 13.0 Å². The number of carbonyl (C=O) groups is 1. The largest absolute Gasteiger partial charge is 0.497 e. The second kappa shape index (κ2) is 5.54. The van der Waals surface area contributed by atoms with Gasteiger partial charge in [-0.25, -0.2) is 10.9 Å². The van der Waals surface area contributed by atoms with Crippen molar-refractivity contribution in [3.8, 4) is 5.75 Å². The number of ether oxygens (including phenoxy) is 1. The van der Waals surface area contributed by atoms with Crippen molar-refractivity contribution in [2.75, 3.05) is 12.1 Å². The molecule has 4 nitrogen and oxygen atoms in total. The first-order valence-electron chi connectivity index (χ1n) is 5.91. The Balaban J connectivity index is 2.20. The fourth-order valence-electron chi connectivity index (χ4n) is 1.70. The fourth-order valence-corrected chi connectivity index (χ4v) is 1.70. The number of nitrogens with zero attached hydrogens (tertiary/aromatic N) is 1. The summed E-state index contributed by atoms with van der Waals surface area (Å²) in [6.07, 6.45) is 0. The zero-order valence-corrected chi connectivity index (χ0v) is 11.0. The van der Waals surface area contributed by atoms with Gasteiger partial charge in [0.05, 0.1) is 12.8 Å². The van der Waals surface area contributed by atoms with Crippen LogP contribution in [-0.2, 0) is 0 Å². The minimum absolute atomic E-state index is 0.258. The van der Waals surface area contributed by atoms with Crippen LogP contribution in [0.2, 0.25) is 0 Å². The summed E-state index contributed by atoms with van der Waals surface area (Å²) >= 11 is 0. The maximum Gasteiger partial charge on any atom is 0.272 e. The number of anilines is 1. The van der Waals surface area contributed by atoms with Crippen LogP contribution in [0.15, 0.2) is 48.5 Å². The molecule has 19 heavy (non-hydrogen) atoms. The summed E-state index contributed by atoms with van der Waals surface area (Å²) in [6, 6.07) is 14.3. The maximum absolute atomic E-state index is 12.2. The Morgan fingerprint density at radius 1 is 1.05 bits per heavy atom. The molecule has 0 bridgehead atoms. The molecule has 0 aromatic heterocycles. The van der Waals surface area contributed by atoms with Gasteiger partial charge in [-0.05, 0) is 43.3 Å². The highest BCUT2D eigenvalue weighted by molar-refractivity contribution is 6.05. The molecule has 2 aromatic rings. The molecule has 1 amide bonds. The number of nitrogens with two attached hydrogens (primary N) is 1. The number of rotatable bonds is 3. The lowest BCUT2D eigenvalue weighted by Gasteiger charge is -2.17. The number of hydrazine groups is 1. The number of hydrogen-bond donors (Lipinski definition) is 1. The Labute approximate surface area is 112 Å². The molecule has 2 aromatic carbocycles. The Hall–Kier alpha value is -2.33. The molecule has 2 rings (SSSR count). The third-order valence-electron chi connectivity index (χ3n) is 2.87. The molecule has 0 aliphatic rings. The highest BCUT2D eigenvalue weighted by atomic mass is 16.5. The first-order chi connectivity index (χ1) is 9.11. The Kier molecular flexibility index (Phi) is 3.82. The summed E-state index contributed by atoms with van der Waals surface area (Å²) in [7, 11) is 1.58. The fraction of sp³-hybridized carbons (Fsp3) is 0.133. The van der Waals surface area contributed by atoms with E-state index in [1.807, 2.05) is 31.2 Å². The van der Waals surface area contributed by atoms with Crippen LogP contribution >= 0.6 is 0 Å². The SMILES string of the molecule is COc1ccc(C(=O)N(N)c2ccc(C)cc2)cc1. The number of benzene rings is 2. The van der Waals surface area contributed by atoms with Gasteiger partial charge in [0.25, 0.3) is 5.91 Å². The highest BCUT2D eigenvalue weighted by Gasteiger charge is 2.13. The molecule has 4 heteroatoms. The number of amides is 1. The number of methoxy groups -OCH3 is 1. The van der Waals surface area contributed by atoms with Crippen LogP contribution in [0.25, 0.3) is 0 Å². The molecular formula is C15H16N2O2. The van der Waals surface area contributed by atoms with E-state index in [4.69, 9.17) is 10.6 Å². The van der Waals surface area contributed by atoms with Crippen LogP contribution in [0.5, 0.6) is 5.75 Å². The van der Waals surface area contributed by atoms with Gasteiger partial charge >= 0.3 is 0 Å². The molecule has 98 valence electrons. The van der Waals surface area contributed by atoms with Crippen molar-refractivity contribution in [1.29, 1.82) is 0 Å². The summed E-state index contributed by atoms with van der Waals surface area (Å²) in [5.41, 5.74) is 2.30. The molecular weight excluding hydrogens is 240 g/mol. The molecule has 0 heterocycles. The van der Waals surface area contributed by atoms with E-state index in [1.165, 1.54) is 0 Å². The standard InChI is InChI=1S/C15H16N2O2/c1-11-3-7-13(8-4-11)17(16)15(18)12-5-9-14(19-2)10-6-12/h3-10H,16H2,1-2H3. The predicted molar refractivity (Wildman–Crippen MR) is 75.2 cm³/mol. The maximum atomic E-state index is 12.2. The van der Waals surface area contributed by atoms with Gasteiger partial charge in [-0.1, -0.05) is 17.7 Å². The molecule has 0 radical (unpaired) electrons. The van der Waals surface area contributed by atoms with Gasteiger partial charge in [0.15, 0.2) is 0 Å². The Morgan fingerprint density at radius 2 is 1.63 bits per heavy atom. The van der Waals surface area contributed by atoms with Gasteiger partial charge in [-0.15, -0.1) is 0 Å². The Bertz CT molecular complexity index is 562. The van der Waals surface area contributed by atoms with Crippen LogP contribution in [0.3, 0.4) is 0 Å². The molecule has 0 spiro atoms. The van der Waals surface area contributed by atoms with E-state index < -0.39 is 0 Å². The van der Waals surface area contributed by atoms with Crippen molar-refractivity contribution < 1.29 is 9.53 Å². The van der Waals surface area contributed by atoms with Crippen molar-refractivity contribution in [1.82, 2.24) is 0 Å². The molecule has 0 saturated carbocycles. The minimum atomic E-state index is -0.258. The number of carbonyl (C=O) groups excluding carboxylic acids is 1. The van der Waals surface area contributed by atoms with Gasteiger partial charge in [-0.2, -0.15) is 0 Å². The quantitative estimate of drug-likeness (QED) is 0.521. The van der Waals surface area contributed by atoms with Crippen molar-refractivity contribution >= 4 is 11.6 Å². The lowest BCUT2D eigenvalue weighted by atomic mass is 10.2. The van der Waals surface area contributed by atoms with Crippen molar-refractivity contribution in [2.45, 2.75) is 6.92 Å². The van der Waals surface area contributed by atoms with Crippen molar-refractivity contribution in [3.05, 3.63) is 59.7 Å². The highest BCUT2D eigenvalue weighted by Crippen LogP contribution is 2.17. The number of aryl methyl sites for hydroxylation is 1. The zero-order valence-electron chi connectivity index (χ0n) is 11.0. The van der Waals surface area contributed by atoms with Crippen LogP contribution in [0.4, 0.5) is 5.69 Å². The van der Waals surface area contributed by atoms with Gasteiger partial charge in [0.1, 0.15) is 5.75 Å². The normalized spacial score (nSPS) is 10.1. The van der Waals surface area contributed by atoms with Crippen molar-refractivity contribution in [2.24, 2.45) is 5.84 Å². The van der Waals surface area contributed by atoms with Crippen molar-refractivity contribution in [3.63, 3.8) is 0 Å². The Morgan fingerprint density at radius 3 is 2.16 bits per heavy atom. The molecule has 0 aliphatic carbocycles. The van der Waals surface area contributed by atoms with E-state index in [-0.39, 0.29) is 5.91 Å². The van der Waals surface area contributed by atoms with E-state index in [0.29, 0.717) is 17.0 Å². The van der Waals surface area contributed by atoms with Crippen LogP contribution < -0.4 is 15.6 Å². The zero-order chi connectivity index (χ0) is 13.8. The summed E-state index contributed by atoms with van der Waals surface area (Å²) in [4.78, 5) is 12.2. The van der Waals surface area contributed by atoms with E-state index in [9.17, 15) is 4.79 Å².